The Morgan fingerprint density at radius 1 is 1.04 bits per heavy atom. The topological polar surface area (TPSA) is 55.1 Å². The summed E-state index contributed by atoms with van der Waals surface area (Å²) < 4.78 is 5.52. The van der Waals surface area contributed by atoms with Gasteiger partial charge in [-0.05, 0) is 31.4 Å². The summed E-state index contributed by atoms with van der Waals surface area (Å²) in [6.07, 6.45) is 3.93. The SMILES string of the molecule is Cc1ccc(N2CCC(c3nc(-c4ccccc4)no3)CC2)nc1. The highest BCUT2D eigenvalue weighted by Gasteiger charge is 2.26. The van der Waals surface area contributed by atoms with Crippen molar-refractivity contribution >= 4 is 5.82 Å². The monoisotopic (exact) mass is 320 g/mol. The van der Waals surface area contributed by atoms with Crippen molar-refractivity contribution in [3.8, 4) is 11.4 Å². The molecule has 0 N–H and O–H groups in total. The summed E-state index contributed by atoms with van der Waals surface area (Å²) in [6.45, 7) is 3.98. The lowest BCUT2D eigenvalue weighted by molar-refractivity contribution is 0.329. The lowest BCUT2D eigenvalue weighted by Crippen LogP contribution is -2.33. The predicted octanol–water partition coefficient (Wildman–Crippen LogP) is 3.82. The normalized spacial score (nSPS) is 15.6. The van der Waals surface area contributed by atoms with Crippen LogP contribution in [-0.2, 0) is 0 Å². The van der Waals surface area contributed by atoms with Crippen LogP contribution in [0.4, 0.5) is 5.82 Å². The lowest BCUT2D eigenvalue weighted by atomic mass is 9.96. The molecular weight excluding hydrogens is 300 g/mol. The summed E-state index contributed by atoms with van der Waals surface area (Å²) in [7, 11) is 0. The zero-order chi connectivity index (χ0) is 16.4. The Morgan fingerprint density at radius 3 is 2.54 bits per heavy atom. The van der Waals surface area contributed by atoms with E-state index in [9.17, 15) is 0 Å². The smallest absolute Gasteiger partial charge is 0.230 e. The highest BCUT2D eigenvalue weighted by Crippen LogP contribution is 2.30. The molecule has 0 saturated carbocycles. The van der Waals surface area contributed by atoms with Crippen molar-refractivity contribution in [2.45, 2.75) is 25.7 Å². The van der Waals surface area contributed by atoms with Crippen LogP contribution in [0.5, 0.6) is 0 Å². The molecular formula is C19H20N4O. The van der Waals surface area contributed by atoms with Crippen LogP contribution in [0, 0.1) is 6.92 Å². The average molecular weight is 320 g/mol. The van der Waals surface area contributed by atoms with E-state index in [1.807, 2.05) is 36.5 Å². The molecule has 0 atom stereocenters. The number of aryl methyl sites for hydroxylation is 1. The first kappa shape index (κ1) is 14.9. The van der Waals surface area contributed by atoms with E-state index in [0.29, 0.717) is 11.7 Å². The molecule has 4 rings (SSSR count). The summed E-state index contributed by atoms with van der Waals surface area (Å²) in [6, 6.07) is 14.2. The first-order valence-electron chi connectivity index (χ1n) is 8.36. The number of aromatic nitrogens is 3. The molecule has 3 heterocycles. The highest BCUT2D eigenvalue weighted by molar-refractivity contribution is 5.53. The van der Waals surface area contributed by atoms with Crippen LogP contribution in [0.2, 0.25) is 0 Å². The molecule has 5 heteroatoms. The van der Waals surface area contributed by atoms with Gasteiger partial charge in [-0.25, -0.2) is 4.98 Å². The summed E-state index contributed by atoms with van der Waals surface area (Å²) in [5, 5.41) is 4.14. The second kappa shape index (κ2) is 6.43. The van der Waals surface area contributed by atoms with Crippen LogP contribution in [0.15, 0.2) is 53.2 Å². The number of nitrogens with zero attached hydrogens (tertiary/aromatic N) is 4. The fourth-order valence-corrected chi connectivity index (χ4v) is 3.11. The van der Waals surface area contributed by atoms with Crippen molar-refractivity contribution in [2.24, 2.45) is 0 Å². The average Bonchev–Trinajstić information content (AvgIpc) is 3.13. The van der Waals surface area contributed by atoms with E-state index in [0.717, 1.165) is 43.2 Å². The third kappa shape index (κ3) is 3.02. The standard InChI is InChI=1S/C19H20N4O/c1-14-7-8-17(20-13-14)23-11-9-16(10-12-23)19-21-18(22-24-19)15-5-3-2-4-6-15/h2-8,13,16H,9-12H2,1H3. The fraction of sp³-hybridized carbons (Fsp3) is 0.316. The van der Waals surface area contributed by atoms with Gasteiger partial charge in [0.05, 0.1) is 0 Å². The van der Waals surface area contributed by atoms with Crippen molar-refractivity contribution in [3.05, 3.63) is 60.1 Å². The Labute approximate surface area is 141 Å². The van der Waals surface area contributed by atoms with Gasteiger partial charge in [0.15, 0.2) is 0 Å². The number of piperidine rings is 1. The number of benzene rings is 1. The second-order valence-electron chi connectivity index (χ2n) is 6.28. The summed E-state index contributed by atoms with van der Waals surface area (Å²) >= 11 is 0. The molecule has 0 aliphatic carbocycles. The molecule has 5 nitrogen and oxygen atoms in total. The minimum atomic E-state index is 0.330. The Bertz CT molecular complexity index is 790. The van der Waals surface area contributed by atoms with Gasteiger partial charge in [-0.2, -0.15) is 4.98 Å². The molecule has 122 valence electrons. The van der Waals surface area contributed by atoms with Crippen LogP contribution in [0.3, 0.4) is 0 Å². The van der Waals surface area contributed by atoms with Crippen LogP contribution < -0.4 is 4.90 Å². The maximum absolute atomic E-state index is 5.52. The summed E-state index contributed by atoms with van der Waals surface area (Å²) in [5.74, 6) is 2.81. The number of hydrogen-bond acceptors (Lipinski definition) is 5. The van der Waals surface area contributed by atoms with Crippen molar-refractivity contribution < 1.29 is 4.52 Å². The van der Waals surface area contributed by atoms with Crippen molar-refractivity contribution in [1.29, 1.82) is 0 Å². The molecule has 0 unspecified atom stereocenters. The Kier molecular flexibility index (Phi) is 3.99. The first-order valence-corrected chi connectivity index (χ1v) is 8.36. The molecule has 0 radical (unpaired) electrons. The van der Waals surface area contributed by atoms with E-state index < -0.39 is 0 Å². The minimum Gasteiger partial charge on any atom is -0.357 e. The molecule has 0 spiro atoms. The number of hydrogen-bond donors (Lipinski definition) is 0. The quantitative estimate of drug-likeness (QED) is 0.734. The largest absolute Gasteiger partial charge is 0.357 e. The maximum atomic E-state index is 5.52. The van der Waals surface area contributed by atoms with Gasteiger partial charge in [0.2, 0.25) is 11.7 Å². The molecule has 3 aromatic rings. The third-order valence-electron chi connectivity index (χ3n) is 4.54. The minimum absolute atomic E-state index is 0.330. The van der Waals surface area contributed by atoms with Crippen molar-refractivity contribution in [2.75, 3.05) is 18.0 Å². The van der Waals surface area contributed by atoms with Crippen molar-refractivity contribution in [1.82, 2.24) is 15.1 Å². The van der Waals surface area contributed by atoms with Gasteiger partial charge in [0, 0.05) is 30.8 Å². The second-order valence-corrected chi connectivity index (χ2v) is 6.28. The molecule has 1 aliphatic rings. The lowest BCUT2D eigenvalue weighted by Gasteiger charge is -2.31. The molecule has 1 fully saturated rings. The van der Waals surface area contributed by atoms with E-state index in [1.54, 1.807) is 0 Å². The van der Waals surface area contributed by atoms with Gasteiger partial charge in [-0.3, -0.25) is 0 Å². The Morgan fingerprint density at radius 2 is 1.83 bits per heavy atom. The molecule has 1 aliphatic heterocycles. The van der Waals surface area contributed by atoms with Gasteiger partial charge in [0.1, 0.15) is 5.82 Å². The first-order chi connectivity index (χ1) is 11.8. The van der Waals surface area contributed by atoms with E-state index in [1.165, 1.54) is 5.56 Å². The van der Waals surface area contributed by atoms with Gasteiger partial charge in [0.25, 0.3) is 0 Å². The van der Waals surface area contributed by atoms with Gasteiger partial charge in [-0.15, -0.1) is 0 Å². The van der Waals surface area contributed by atoms with Crippen LogP contribution in [-0.4, -0.2) is 28.2 Å². The summed E-state index contributed by atoms with van der Waals surface area (Å²) in [4.78, 5) is 11.4. The van der Waals surface area contributed by atoms with E-state index in [-0.39, 0.29) is 0 Å². The number of pyridine rings is 1. The zero-order valence-electron chi connectivity index (χ0n) is 13.7. The fourth-order valence-electron chi connectivity index (χ4n) is 3.11. The Balaban J connectivity index is 1.43. The molecule has 24 heavy (non-hydrogen) atoms. The van der Waals surface area contributed by atoms with E-state index in [2.05, 4.69) is 39.1 Å². The van der Waals surface area contributed by atoms with Crippen LogP contribution in [0.1, 0.15) is 30.2 Å². The summed E-state index contributed by atoms with van der Waals surface area (Å²) in [5.41, 5.74) is 2.18. The van der Waals surface area contributed by atoms with Gasteiger partial charge >= 0.3 is 0 Å². The van der Waals surface area contributed by atoms with Gasteiger partial charge in [-0.1, -0.05) is 41.6 Å². The molecule has 0 amide bonds. The number of rotatable bonds is 3. The van der Waals surface area contributed by atoms with Crippen LogP contribution >= 0.6 is 0 Å². The van der Waals surface area contributed by atoms with Gasteiger partial charge < -0.3 is 9.42 Å². The molecule has 0 bridgehead atoms. The Hall–Kier alpha value is -2.69. The molecule has 1 aromatic carbocycles. The molecule has 2 aromatic heterocycles. The van der Waals surface area contributed by atoms with Crippen LogP contribution in [0.25, 0.3) is 11.4 Å². The zero-order valence-corrected chi connectivity index (χ0v) is 13.7. The highest BCUT2D eigenvalue weighted by atomic mass is 16.5. The number of anilines is 1. The van der Waals surface area contributed by atoms with Crippen molar-refractivity contribution in [3.63, 3.8) is 0 Å². The van der Waals surface area contributed by atoms with E-state index in [4.69, 9.17) is 4.52 Å². The molecule has 1 saturated heterocycles. The third-order valence-corrected chi connectivity index (χ3v) is 4.54. The van der Waals surface area contributed by atoms with E-state index >= 15 is 0 Å². The maximum Gasteiger partial charge on any atom is 0.230 e. The predicted molar refractivity (Wildman–Crippen MR) is 92.9 cm³/mol.